The van der Waals surface area contributed by atoms with Crippen LogP contribution in [0.3, 0.4) is 0 Å². The molecule has 0 fully saturated rings. The molecule has 15 heavy (non-hydrogen) atoms. The van der Waals surface area contributed by atoms with E-state index in [1.54, 1.807) is 6.08 Å². The molecule has 0 heterocycles. The molecule has 2 nitrogen and oxygen atoms in total. The van der Waals surface area contributed by atoms with Gasteiger partial charge in [-0.2, -0.15) is 0 Å². The van der Waals surface area contributed by atoms with Crippen molar-refractivity contribution in [3.63, 3.8) is 0 Å². The topological polar surface area (TPSA) is 21.3 Å². The van der Waals surface area contributed by atoms with E-state index in [2.05, 4.69) is 18.8 Å². The highest BCUT2D eigenvalue weighted by Crippen LogP contribution is 2.27. The lowest BCUT2D eigenvalue weighted by molar-refractivity contribution is 0.363. The zero-order valence-corrected chi connectivity index (χ0v) is 9.84. The molecule has 0 saturated carbocycles. The van der Waals surface area contributed by atoms with Crippen molar-refractivity contribution >= 4 is 11.6 Å². The fraction of sp³-hybridized carbons (Fsp3) is 0.333. The molecule has 0 amide bonds. The summed E-state index contributed by atoms with van der Waals surface area (Å²) in [6.07, 6.45) is 1.69. The lowest BCUT2D eigenvalue weighted by atomic mass is 10.1. The van der Waals surface area contributed by atoms with E-state index in [-0.39, 0.29) is 6.04 Å². The Bertz CT molecular complexity index is 338. The Labute approximate surface area is 95.9 Å². The summed E-state index contributed by atoms with van der Waals surface area (Å²) in [6, 6.07) is 6.10. The van der Waals surface area contributed by atoms with Crippen LogP contribution in [0.1, 0.15) is 18.5 Å². The summed E-state index contributed by atoms with van der Waals surface area (Å²) in [5.74, 6) is 0.698. The van der Waals surface area contributed by atoms with Gasteiger partial charge in [0, 0.05) is 6.04 Å². The lowest BCUT2D eigenvalue weighted by Gasteiger charge is -2.12. The van der Waals surface area contributed by atoms with Gasteiger partial charge in [0.25, 0.3) is 0 Å². The Morgan fingerprint density at radius 2 is 2.33 bits per heavy atom. The number of hydrogen-bond donors (Lipinski definition) is 1. The van der Waals surface area contributed by atoms with Gasteiger partial charge in [-0.25, -0.2) is 0 Å². The zero-order chi connectivity index (χ0) is 11.3. The average molecular weight is 226 g/mol. The summed E-state index contributed by atoms with van der Waals surface area (Å²) in [4.78, 5) is 0. The maximum Gasteiger partial charge on any atom is 0.138 e. The van der Waals surface area contributed by atoms with E-state index in [0.717, 1.165) is 5.56 Å². The third-order valence-corrected chi connectivity index (χ3v) is 2.54. The van der Waals surface area contributed by atoms with Gasteiger partial charge in [-0.3, -0.25) is 0 Å². The van der Waals surface area contributed by atoms with Gasteiger partial charge in [0.05, 0.1) is 5.02 Å². The molecule has 0 radical (unpaired) electrons. The quantitative estimate of drug-likeness (QED) is 0.778. The van der Waals surface area contributed by atoms with E-state index >= 15 is 0 Å². The first-order valence-corrected chi connectivity index (χ1v) is 5.27. The molecule has 1 aromatic carbocycles. The van der Waals surface area contributed by atoms with Gasteiger partial charge >= 0.3 is 0 Å². The number of hydrogen-bond acceptors (Lipinski definition) is 2. The molecular formula is C12H16ClNO. The molecule has 1 N–H and O–H groups in total. The van der Waals surface area contributed by atoms with Gasteiger partial charge in [-0.15, -0.1) is 0 Å². The van der Waals surface area contributed by atoms with Crippen molar-refractivity contribution in [3.05, 3.63) is 41.4 Å². The van der Waals surface area contributed by atoms with Gasteiger partial charge in [0.1, 0.15) is 12.4 Å². The van der Waals surface area contributed by atoms with Crippen LogP contribution in [-0.2, 0) is 0 Å². The van der Waals surface area contributed by atoms with Crippen molar-refractivity contribution < 1.29 is 4.74 Å². The summed E-state index contributed by atoms with van der Waals surface area (Å²) < 4.78 is 5.38. The fourth-order valence-electron chi connectivity index (χ4n) is 1.22. The average Bonchev–Trinajstić information content (AvgIpc) is 2.26. The molecule has 0 aliphatic carbocycles. The highest BCUT2D eigenvalue weighted by atomic mass is 35.5. The van der Waals surface area contributed by atoms with Gasteiger partial charge < -0.3 is 10.1 Å². The Morgan fingerprint density at radius 1 is 1.60 bits per heavy atom. The maximum atomic E-state index is 6.08. The third kappa shape index (κ3) is 3.26. The Morgan fingerprint density at radius 3 is 2.87 bits per heavy atom. The lowest BCUT2D eigenvalue weighted by Crippen LogP contribution is -2.12. The third-order valence-electron chi connectivity index (χ3n) is 2.25. The van der Waals surface area contributed by atoms with Gasteiger partial charge in [-0.05, 0) is 31.7 Å². The summed E-state index contributed by atoms with van der Waals surface area (Å²) in [6.45, 7) is 6.14. The van der Waals surface area contributed by atoms with Crippen LogP contribution in [0.25, 0.3) is 0 Å². The summed E-state index contributed by atoms with van der Waals surface area (Å²) in [7, 11) is 1.92. The molecule has 82 valence electrons. The molecule has 0 bridgehead atoms. The predicted molar refractivity (Wildman–Crippen MR) is 64.6 cm³/mol. The minimum Gasteiger partial charge on any atom is -0.488 e. The first-order valence-electron chi connectivity index (χ1n) is 4.89. The van der Waals surface area contributed by atoms with E-state index in [1.807, 2.05) is 25.2 Å². The molecule has 0 aliphatic heterocycles. The Kier molecular flexibility index (Phi) is 4.66. The van der Waals surface area contributed by atoms with Crippen LogP contribution in [0.4, 0.5) is 0 Å². The Hall–Kier alpha value is -0.990. The van der Waals surface area contributed by atoms with Crippen molar-refractivity contribution in [2.75, 3.05) is 13.7 Å². The van der Waals surface area contributed by atoms with Crippen molar-refractivity contribution in [2.24, 2.45) is 0 Å². The Balaban J connectivity index is 2.82. The number of nitrogens with one attached hydrogen (secondary N) is 1. The number of ether oxygens (including phenoxy) is 1. The summed E-state index contributed by atoms with van der Waals surface area (Å²) >= 11 is 6.08. The van der Waals surface area contributed by atoms with Crippen LogP contribution in [0.15, 0.2) is 30.9 Å². The smallest absolute Gasteiger partial charge is 0.138 e. The van der Waals surface area contributed by atoms with Crippen LogP contribution >= 0.6 is 11.6 Å². The molecule has 1 unspecified atom stereocenters. The highest BCUT2D eigenvalue weighted by Gasteiger charge is 2.06. The molecule has 1 aromatic rings. The SMILES string of the molecule is C=CCOc1ccc(C(C)NC)cc1Cl. The molecule has 0 aliphatic rings. The monoisotopic (exact) mass is 225 g/mol. The van der Waals surface area contributed by atoms with Crippen molar-refractivity contribution in [1.29, 1.82) is 0 Å². The maximum absolute atomic E-state index is 6.08. The van der Waals surface area contributed by atoms with Crippen LogP contribution in [0, 0.1) is 0 Å². The molecule has 1 atom stereocenters. The van der Waals surface area contributed by atoms with Gasteiger partial charge in [-0.1, -0.05) is 30.3 Å². The zero-order valence-electron chi connectivity index (χ0n) is 9.09. The minimum atomic E-state index is 0.288. The van der Waals surface area contributed by atoms with E-state index in [1.165, 1.54) is 0 Å². The van der Waals surface area contributed by atoms with E-state index in [0.29, 0.717) is 17.4 Å². The summed E-state index contributed by atoms with van der Waals surface area (Å²) in [5.41, 5.74) is 1.15. The minimum absolute atomic E-state index is 0.288. The molecule has 3 heteroatoms. The van der Waals surface area contributed by atoms with E-state index < -0.39 is 0 Å². The second-order valence-electron chi connectivity index (χ2n) is 3.30. The molecule has 0 spiro atoms. The first kappa shape index (κ1) is 12.1. The van der Waals surface area contributed by atoms with Crippen LogP contribution < -0.4 is 10.1 Å². The standard InChI is InChI=1S/C12H16ClNO/c1-4-7-15-12-6-5-10(8-11(12)13)9(2)14-3/h4-6,8-9,14H,1,7H2,2-3H3. The second kappa shape index (κ2) is 5.79. The summed E-state index contributed by atoms with van der Waals surface area (Å²) in [5, 5.41) is 3.79. The van der Waals surface area contributed by atoms with Crippen LogP contribution in [0.5, 0.6) is 5.75 Å². The molecule has 0 saturated heterocycles. The van der Waals surface area contributed by atoms with E-state index in [9.17, 15) is 0 Å². The first-order chi connectivity index (χ1) is 7.19. The highest BCUT2D eigenvalue weighted by molar-refractivity contribution is 6.32. The largest absolute Gasteiger partial charge is 0.488 e. The van der Waals surface area contributed by atoms with Crippen molar-refractivity contribution in [2.45, 2.75) is 13.0 Å². The molecular weight excluding hydrogens is 210 g/mol. The number of halogens is 1. The van der Waals surface area contributed by atoms with Gasteiger partial charge in [0.2, 0.25) is 0 Å². The van der Waals surface area contributed by atoms with E-state index in [4.69, 9.17) is 16.3 Å². The normalized spacial score (nSPS) is 12.2. The van der Waals surface area contributed by atoms with Gasteiger partial charge in [0.15, 0.2) is 0 Å². The second-order valence-corrected chi connectivity index (χ2v) is 3.71. The van der Waals surface area contributed by atoms with Crippen molar-refractivity contribution in [3.8, 4) is 5.75 Å². The molecule has 0 aromatic heterocycles. The van der Waals surface area contributed by atoms with Crippen molar-refractivity contribution in [1.82, 2.24) is 5.32 Å². The predicted octanol–water partition coefficient (Wildman–Crippen LogP) is 3.19. The molecule has 1 rings (SSSR count). The van der Waals surface area contributed by atoms with Crippen LogP contribution in [-0.4, -0.2) is 13.7 Å². The number of rotatable bonds is 5. The van der Waals surface area contributed by atoms with Crippen LogP contribution in [0.2, 0.25) is 5.02 Å². The number of benzene rings is 1. The fourth-order valence-corrected chi connectivity index (χ4v) is 1.46.